The third-order valence-electron chi connectivity index (χ3n) is 7.90. The molecule has 2 aliphatic rings. The number of methoxy groups -OCH3 is 6. The van der Waals surface area contributed by atoms with Crippen molar-refractivity contribution < 1.29 is 52.6 Å². The molecule has 0 saturated carbocycles. The number of aliphatic hydroxyl groups is 1. The number of rotatable bonds is 12. The van der Waals surface area contributed by atoms with Gasteiger partial charge in [-0.1, -0.05) is 0 Å². The SMILES string of the molecule is COc1cc(C=CC(=O)OC2CC3[C@@H](OC(=O)C=Cc4cc(OC)c(OC)c(OC)c4)[C@@H](O)C(C2)N3C)cc(OC)c1OC. The third-order valence-corrected chi connectivity index (χ3v) is 7.90. The molecule has 0 amide bonds. The number of fused-ring (bicyclic) bond motifs is 2. The molecule has 4 rings (SSSR count). The monoisotopic (exact) mass is 613 g/mol. The quantitative estimate of drug-likeness (QED) is 0.279. The van der Waals surface area contributed by atoms with Crippen molar-refractivity contribution in [2.45, 2.75) is 43.2 Å². The summed E-state index contributed by atoms with van der Waals surface area (Å²) >= 11 is 0. The van der Waals surface area contributed by atoms with E-state index >= 15 is 0 Å². The molecule has 0 radical (unpaired) electrons. The standard InChI is InChI=1S/C32H39NO11/c1-33-21-16-20(43-27(34)10-8-18-12-23(37-2)31(41-6)24(13-18)38-3)17-22(33)30(29(21)36)44-28(35)11-9-19-14-25(39-4)32(42-7)26(15-19)40-5/h8-15,20-22,29-30,36H,16-17H2,1-7H3/t20?,21?,22?,29-,30+/m0/s1. The second-order valence-corrected chi connectivity index (χ2v) is 10.3. The van der Waals surface area contributed by atoms with Gasteiger partial charge in [0, 0.05) is 31.0 Å². The summed E-state index contributed by atoms with van der Waals surface area (Å²) in [7, 11) is 10.9. The summed E-state index contributed by atoms with van der Waals surface area (Å²) in [5.41, 5.74) is 1.28. The van der Waals surface area contributed by atoms with Gasteiger partial charge in [0.2, 0.25) is 11.5 Å². The molecule has 0 aliphatic carbocycles. The smallest absolute Gasteiger partial charge is 0.331 e. The minimum atomic E-state index is -0.943. The molecular weight excluding hydrogens is 574 g/mol. The summed E-state index contributed by atoms with van der Waals surface area (Å²) in [6.07, 6.45) is 4.35. The molecule has 2 aromatic rings. The van der Waals surface area contributed by atoms with Gasteiger partial charge in [-0.05, 0) is 54.6 Å². The second kappa shape index (κ2) is 14.4. The minimum absolute atomic E-state index is 0.334. The van der Waals surface area contributed by atoms with Gasteiger partial charge in [0.05, 0.1) is 48.7 Å². The van der Waals surface area contributed by atoms with Gasteiger partial charge in [-0.3, -0.25) is 4.90 Å². The number of nitrogens with zero attached hydrogens (tertiary/aromatic N) is 1. The Morgan fingerprint density at radius 3 is 1.50 bits per heavy atom. The van der Waals surface area contributed by atoms with E-state index in [0.29, 0.717) is 58.5 Å². The van der Waals surface area contributed by atoms with Gasteiger partial charge in [0.1, 0.15) is 18.3 Å². The molecule has 3 unspecified atom stereocenters. The molecule has 5 atom stereocenters. The summed E-state index contributed by atoms with van der Waals surface area (Å²) in [5.74, 6) is 1.53. The highest BCUT2D eigenvalue weighted by Gasteiger charge is 2.53. The van der Waals surface area contributed by atoms with E-state index in [1.165, 1.54) is 54.8 Å². The second-order valence-electron chi connectivity index (χ2n) is 10.3. The molecule has 2 aromatic carbocycles. The van der Waals surface area contributed by atoms with E-state index in [4.69, 9.17) is 37.9 Å². The molecule has 238 valence electrons. The maximum atomic E-state index is 12.8. The Bertz CT molecular complexity index is 1350. The van der Waals surface area contributed by atoms with Crippen molar-refractivity contribution in [3.63, 3.8) is 0 Å². The van der Waals surface area contributed by atoms with Crippen LogP contribution in [0.4, 0.5) is 0 Å². The minimum Gasteiger partial charge on any atom is -0.493 e. The van der Waals surface area contributed by atoms with Gasteiger partial charge in [0.25, 0.3) is 0 Å². The fraction of sp³-hybridized carbons (Fsp3) is 0.438. The van der Waals surface area contributed by atoms with E-state index in [-0.39, 0.29) is 12.1 Å². The van der Waals surface area contributed by atoms with Crippen LogP contribution in [0.15, 0.2) is 36.4 Å². The number of hydrogen-bond acceptors (Lipinski definition) is 12. The van der Waals surface area contributed by atoms with E-state index in [1.807, 2.05) is 11.9 Å². The summed E-state index contributed by atoms with van der Waals surface area (Å²) in [6.45, 7) is 0. The summed E-state index contributed by atoms with van der Waals surface area (Å²) in [4.78, 5) is 27.5. The zero-order valence-corrected chi connectivity index (χ0v) is 25.9. The molecule has 44 heavy (non-hydrogen) atoms. The Hall–Kier alpha value is -4.42. The van der Waals surface area contributed by atoms with Crippen molar-refractivity contribution in [1.82, 2.24) is 4.90 Å². The first-order valence-corrected chi connectivity index (χ1v) is 13.9. The van der Waals surface area contributed by atoms with Gasteiger partial charge < -0.3 is 43.0 Å². The molecule has 1 N–H and O–H groups in total. The van der Waals surface area contributed by atoms with Crippen LogP contribution in [0.2, 0.25) is 0 Å². The van der Waals surface area contributed by atoms with Gasteiger partial charge in [-0.25, -0.2) is 9.59 Å². The zero-order chi connectivity index (χ0) is 32.0. The Labute approximate surface area is 256 Å². The molecule has 2 bridgehead atoms. The number of carbonyl (C=O) groups excluding carboxylic acids is 2. The number of ether oxygens (including phenoxy) is 8. The van der Waals surface area contributed by atoms with Crippen molar-refractivity contribution in [2.75, 3.05) is 49.7 Å². The van der Waals surface area contributed by atoms with E-state index < -0.39 is 30.3 Å². The van der Waals surface area contributed by atoms with Crippen LogP contribution in [-0.2, 0) is 19.1 Å². The maximum Gasteiger partial charge on any atom is 0.331 e. The first-order chi connectivity index (χ1) is 21.2. The molecule has 12 heteroatoms. The van der Waals surface area contributed by atoms with Gasteiger partial charge in [-0.2, -0.15) is 0 Å². The third kappa shape index (κ3) is 6.87. The van der Waals surface area contributed by atoms with Crippen molar-refractivity contribution in [3.05, 3.63) is 47.5 Å². The highest BCUT2D eigenvalue weighted by Crippen LogP contribution is 2.40. The van der Waals surface area contributed by atoms with Gasteiger partial charge >= 0.3 is 11.9 Å². The molecule has 12 nitrogen and oxygen atoms in total. The topological polar surface area (TPSA) is 131 Å². The lowest BCUT2D eigenvalue weighted by molar-refractivity contribution is -0.151. The summed E-state index contributed by atoms with van der Waals surface area (Å²) < 4.78 is 43.6. The number of likely N-dealkylation sites (N-methyl/N-ethyl adjacent to an activating group) is 1. The normalized spacial score (nSPS) is 23.0. The first kappa shape index (κ1) is 32.5. The maximum absolute atomic E-state index is 12.8. The van der Waals surface area contributed by atoms with Crippen LogP contribution >= 0.6 is 0 Å². The Kier molecular flexibility index (Phi) is 10.6. The molecule has 0 aromatic heterocycles. The van der Waals surface area contributed by atoms with E-state index in [9.17, 15) is 14.7 Å². The average Bonchev–Trinajstić information content (AvgIpc) is 3.15. The van der Waals surface area contributed by atoms with Crippen molar-refractivity contribution in [1.29, 1.82) is 0 Å². The number of esters is 2. The van der Waals surface area contributed by atoms with Crippen LogP contribution in [0, 0.1) is 0 Å². The highest BCUT2D eigenvalue weighted by atomic mass is 16.6. The van der Waals surface area contributed by atoms with Crippen molar-refractivity contribution in [3.8, 4) is 34.5 Å². The number of benzene rings is 2. The summed E-state index contributed by atoms with van der Waals surface area (Å²) in [5, 5.41) is 11.0. The van der Waals surface area contributed by atoms with Crippen LogP contribution in [0.3, 0.4) is 0 Å². The van der Waals surface area contributed by atoms with Gasteiger partial charge in [0.15, 0.2) is 23.0 Å². The summed E-state index contributed by atoms with van der Waals surface area (Å²) in [6, 6.07) is 6.15. The lowest BCUT2D eigenvalue weighted by atomic mass is 10.00. The molecular formula is C32H39NO11. The predicted octanol–water partition coefficient (Wildman–Crippen LogP) is 3.13. The van der Waals surface area contributed by atoms with Gasteiger partial charge in [-0.15, -0.1) is 0 Å². The van der Waals surface area contributed by atoms with Crippen LogP contribution in [-0.4, -0.2) is 102 Å². The molecule has 0 spiro atoms. The lowest BCUT2D eigenvalue weighted by Gasteiger charge is -2.35. The largest absolute Gasteiger partial charge is 0.493 e. The molecule has 2 aliphatic heterocycles. The van der Waals surface area contributed by atoms with Crippen LogP contribution in [0.5, 0.6) is 34.5 Å². The average molecular weight is 614 g/mol. The Morgan fingerprint density at radius 2 is 1.09 bits per heavy atom. The van der Waals surface area contributed by atoms with Crippen LogP contribution in [0.25, 0.3) is 12.2 Å². The number of hydrogen-bond donors (Lipinski definition) is 1. The lowest BCUT2D eigenvalue weighted by Crippen LogP contribution is -2.46. The molecule has 2 saturated heterocycles. The van der Waals surface area contributed by atoms with Crippen molar-refractivity contribution >= 4 is 24.1 Å². The zero-order valence-electron chi connectivity index (χ0n) is 25.9. The Balaban J connectivity index is 1.39. The first-order valence-electron chi connectivity index (χ1n) is 13.9. The molecule has 2 heterocycles. The predicted molar refractivity (Wildman–Crippen MR) is 161 cm³/mol. The highest BCUT2D eigenvalue weighted by molar-refractivity contribution is 5.88. The number of piperidine rings is 1. The number of carbonyl (C=O) groups is 2. The van der Waals surface area contributed by atoms with Crippen molar-refractivity contribution in [2.24, 2.45) is 0 Å². The molecule has 2 fully saturated rings. The van der Waals surface area contributed by atoms with E-state index in [0.717, 1.165) is 0 Å². The Morgan fingerprint density at radius 1 is 0.682 bits per heavy atom. The number of aliphatic hydroxyl groups excluding tert-OH is 1. The van der Waals surface area contributed by atoms with E-state index in [1.54, 1.807) is 36.4 Å². The fourth-order valence-electron chi connectivity index (χ4n) is 5.75. The van der Waals surface area contributed by atoms with Crippen LogP contribution < -0.4 is 28.4 Å². The fourth-order valence-corrected chi connectivity index (χ4v) is 5.75. The van der Waals surface area contributed by atoms with Crippen LogP contribution in [0.1, 0.15) is 24.0 Å². The van der Waals surface area contributed by atoms with E-state index in [2.05, 4.69) is 0 Å².